The van der Waals surface area contributed by atoms with Crippen molar-refractivity contribution >= 4 is 38.1 Å². The summed E-state index contributed by atoms with van der Waals surface area (Å²) in [6.07, 6.45) is 8.89. The first-order valence-electron chi connectivity index (χ1n) is 7.76. The Hall–Kier alpha value is 0.985. The maximum absolute atomic E-state index is 9.47. The Morgan fingerprint density at radius 2 is 1.65 bits per heavy atom. The minimum Gasteiger partial charge on any atom is -0.393 e. The van der Waals surface area contributed by atoms with Crippen molar-refractivity contribution in [3.05, 3.63) is 0 Å². The molecule has 7 heteroatoms. The number of aliphatic hydroxyl groups excluding tert-OH is 1. The molecule has 0 aromatic heterocycles. The summed E-state index contributed by atoms with van der Waals surface area (Å²) in [5.41, 5.74) is 3.17. The second-order valence-electron chi connectivity index (χ2n) is 6.05. The number of aliphatic hydroxyl groups is 1. The third-order valence-corrected chi connectivity index (χ3v) is 7.00. The highest BCUT2D eigenvalue weighted by molar-refractivity contribution is 14.1. The van der Waals surface area contributed by atoms with Gasteiger partial charge < -0.3 is 10.4 Å². The first-order chi connectivity index (χ1) is 9.69. The number of rotatable bonds is 6. The molecule has 0 aromatic carbocycles. The maximum atomic E-state index is 9.47. The lowest BCUT2D eigenvalue weighted by Crippen LogP contribution is -2.34. The van der Waals surface area contributed by atoms with Gasteiger partial charge in [-0.1, -0.05) is 12.8 Å². The van der Waals surface area contributed by atoms with Gasteiger partial charge in [-0.2, -0.15) is 5.48 Å². The van der Waals surface area contributed by atoms with Gasteiger partial charge in [0, 0.05) is 12.1 Å². The summed E-state index contributed by atoms with van der Waals surface area (Å²) in [4.78, 5) is 0. The summed E-state index contributed by atoms with van der Waals surface area (Å²) in [7, 11) is 2.06. The minimum atomic E-state index is -0.0969. The van der Waals surface area contributed by atoms with Crippen LogP contribution >= 0.6 is 34.3 Å². The predicted octanol–water partition coefficient (Wildman–Crippen LogP) is 2.91. The molecule has 2 aliphatic carbocycles. The molecule has 0 aliphatic heterocycles. The lowest BCUT2D eigenvalue weighted by molar-refractivity contribution is 0.0856. The van der Waals surface area contributed by atoms with Crippen LogP contribution in [0.15, 0.2) is 0 Å². The van der Waals surface area contributed by atoms with Crippen LogP contribution in [-0.4, -0.2) is 34.2 Å². The van der Waals surface area contributed by atoms with Crippen molar-refractivity contribution in [2.75, 3.05) is 7.05 Å². The maximum Gasteiger partial charge on any atom is 0.322 e. The molecule has 2 aliphatic rings. The third-order valence-electron chi connectivity index (χ3n) is 4.60. The number of hydrogen-bond acceptors (Lipinski definition) is 5. The number of nitrogens with one attached hydrogen (secondary N) is 2. The van der Waals surface area contributed by atoms with Crippen molar-refractivity contribution < 1.29 is 9.39 Å². The Labute approximate surface area is 140 Å². The molecule has 116 valence electrons. The molecular weight excluding hydrogens is 386 g/mol. The fourth-order valence-corrected chi connectivity index (χ4v) is 4.83. The minimum absolute atomic E-state index is 0.0969. The zero-order valence-corrected chi connectivity index (χ0v) is 15.2. The van der Waals surface area contributed by atoms with Gasteiger partial charge in [0.25, 0.3) is 0 Å². The van der Waals surface area contributed by atoms with Crippen molar-refractivity contribution in [1.29, 1.82) is 0 Å². The summed E-state index contributed by atoms with van der Waals surface area (Å²) < 4.78 is 6.16. The largest absolute Gasteiger partial charge is 0.393 e. The summed E-state index contributed by atoms with van der Waals surface area (Å²) in [6, 6.07) is 1.13. The van der Waals surface area contributed by atoms with Crippen LogP contribution in [0.5, 0.6) is 0 Å². The standard InChI is InChI=1S/C13H26BIN2O2S/c1-16-11-4-2-10(3-5-11)14(15)20-19-17-12-6-8-13(18)9-7-12/h10-13,16-18H,2-9H2,1H3. The molecule has 3 N–H and O–H groups in total. The van der Waals surface area contributed by atoms with Gasteiger partial charge in [0.05, 0.1) is 6.10 Å². The van der Waals surface area contributed by atoms with Crippen LogP contribution in [0.2, 0.25) is 5.82 Å². The Balaban J connectivity index is 1.57. The van der Waals surface area contributed by atoms with Gasteiger partial charge in [-0.15, -0.1) is 22.4 Å². The predicted molar refractivity (Wildman–Crippen MR) is 94.9 cm³/mol. The molecule has 2 saturated carbocycles. The molecule has 0 amide bonds. The highest BCUT2D eigenvalue weighted by Crippen LogP contribution is 2.38. The Morgan fingerprint density at radius 3 is 2.25 bits per heavy atom. The summed E-state index contributed by atoms with van der Waals surface area (Å²) >= 11 is 4.09. The SMILES string of the molecule is CNC1CCC(B(I)SONC2CCC(O)CC2)CC1. The molecule has 0 unspecified atom stereocenters. The van der Waals surface area contributed by atoms with E-state index in [1.54, 1.807) is 11.9 Å². The van der Waals surface area contributed by atoms with E-state index in [0.29, 0.717) is 15.9 Å². The van der Waals surface area contributed by atoms with Crippen LogP contribution in [0.4, 0.5) is 0 Å². The van der Waals surface area contributed by atoms with Gasteiger partial charge in [0.15, 0.2) is 0 Å². The van der Waals surface area contributed by atoms with Crippen molar-refractivity contribution in [3.8, 4) is 0 Å². The summed E-state index contributed by atoms with van der Waals surface area (Å²) in [5.74, 6) is 0.764. The zero-order valence-electron chi connectivity index (χ0n) is 12.2. The van der Waals surface area contributed by atoms with Gasteiger partial charge in [0.1, 0.15) is 0 Å². The van der Waals surface area contributed by atoms with Gasteiger partial charge in [-0.05, 0) is 63.3 Å². The van der Waals surface area contributed by atoms with E-state index in [9.17, 15) is 5.11 Å². The average Bonchev–Trinajstić information content (AvgIpc) is 2.49. The smallest absolute Gasteiger partial charge is 0.322 e. The second-order valence-corrected chi connectivity index (χ2v) is 9.11. The Bertz CT molecular complexity index is 275. The average molecular weight is 412 g/mol. The highest BCUT2D eigenvalue weighted by atomic mass is 127. The molecule has 0 bridgehead atoms. The fraction of sp³-hybridized carbons (Fsp3) is 1.00. The molecule has 2 rings (SSSR count). The molecule has 0 aromatic rings. The van der Waals surface area contributed by atoms with Crippen LogP contribution in [0, 0.1) is 0 Å². The van der Waals surface area contributed by atoms with Crippen LogP contribution in [-0.2, 0) is 4.28 Å². The molecule has 0 spiro atoms. The van der Waals surface area contributed by atoms with Crippen molar-refractivity contribution in [2.24, 2.45) is 0 Å². The first kappa shape index (κ1) is 17.3. The number of hydrogen-bond donors (Lipinski definition) is 3. The monoisotopic (exact) mass is 412 g/mol. The van der Waals surface area contributed by atoms with Crippen molar-refractivity contribution in [1.82, 2.24) is 10.8 Å². The molecule has 20 heavy (non-hydrogen) atoms. The molecule has 0 atom stereocenters. The molecule has 0 saturated heterocycles. The quantitative estimate of drug-likeness (QED) is 0.271. The number of hydroxylamine groups is 1. The van der Waals surface area contributed by atoms with Crippen LogP contribution in [0.3, 0.4) is 0 Å². The van der Waals surface area contributed by atoms with E-state index in [4.69, 9.17) is 4.28 Å². The lowest BCUT2D eigenvalue weighted by Gasteiger charge is -2.30. The summed E-state index contributed by atoms with van der Waals surface area (Å²) in [5, 5.41) is 12.9. The number of halogens is 1. The van der Waals surface area contributed by atoms with Crippen molar-refractivity contribution in [2.45, 2.75) is 75.4 Å². The Morgan fingerprint density at radius 1 is 1.05 bits per heavy atom. The summed E-state index contributed by atoms with van der Waals surface area (Å²) in [6.45, 7) is 0. The molecule has 0 heterocycles. The second kappa shape index (κ2) is 9.20. The molecule has 0 radical (unpaired) electrons. The fourth-order valence-electron chi connectivity index (χ4n) is 3.08. The van der Waals surface area contributed by atoms with Gasteiger partial charge in [-0.25, -0.2) is 4.28 Å². The van der Waals surface area contributed by atoms with Crippen molar-refractivity contribution in [3.63, 3.8) is 0 Å². The Kier molecular flexibility index (Phi) is 7.97. The van der Waals surface area contributed by atoms with E-state index in [1.165, 1.54) is 25.7 Å². The van der Waals surface area contributed by atoms with E-state index >= 15 is 0 Å². The zero-order chi connectivity index (χ0) is 14.4. The molecular formula is C13H26BIN2O2S. The van der Waals surface area contributed by atoms with Crippen LogP contribution in [0.25, 0.3) is 0 Å². The third kappa shape index (κ3) is 5.64. The van der Waals surface area contributed by atoms with Gasteiger partial charge in [0.2, 0.25) is 0 Å². The topological polar surface area (TPSA) is 53.5 Å². The van der Waals surface area contributed by atoms with E-state index in [0.717, 1.165) is 31.5 Å². The van der Waals surface area contributed by atoms with E-state index < -0.39 is 0 Å². The molecule has 2 fully saturated rings. The highest BCUT2D eigenvalue weighted by Gasteiger charge is 2.30. The molecule has 4 nitrogen and oxygen atoms in total. The lowest BCUT2D eigenvalue weighted by atomic mass is 9.73. The van der Waals surface area contributed by atoms with Crippen LogP contribution < -0.4 is 10.8 Å². The van der Waals surface area contributed by atoms with E-state index in [-0.39, 0.29) is 6.10 Å². The first-order valence-corrected chi connectivity index (χ1v) is 9.81. The normalized spacial score (nSPS) is 35.0. The van der Waals surface area contributed by atoms with E-state index in [2.05, 4.69) is 40.2 Å². The van der Waals surface area contributed by atoms with Gasteiger partial charge in [-0.3, -0.25) is 0 Å². The van der Waals surface area contributed by atoms with Gasteiger partial charge >= 0.3 is 3.85 Å². The van der Waals surface area contributed by atoms with E-state index in [1.807, 2.05) is 0 Å². The van der Waals surface area contributed by atoms with Crippen LogP contribution in [0.1, 0.15) is 51.4 Å².